The van der Waals surface area contributed by atoms with Crippen LogP contribution in [0.2, 0.25) is 0 Å². The van der Waals surface area contributed by atoms with Gasteiger partial charge in [-0.25, -0.2) is 0 Å². The lowest BCUT2D eigenvalue weighted by atomic mass is 10.3. The topological polar surface area (TPSA) is 24.8 Å². The Morgan fingerprint density at radius 2 is 2.73 bits per heavy atom. The van der Waals surface area contributed by atoms with E-state index < -0.39 is 0 Å². The van der Waals surface area contributed by atoms with E-state index in [9.17, 15) is 0 Å². The molecule has 0 aromatic rings. The minimum Gasteiger partial charge on any atom is -0.500 e. The predicted octanol–water partition coefficient (Wildman–Crippen LogP) is 1.23. The highest BCUT2D eigenvalue weighted by Crippen LogP contribution is 2.08. The van der Waals surface area contributed by atoms with Crippen LogP contribution in [-0.2, 0) is 4.74 Å². The van der Waals surface area contributed by atoms with Crippen molar-refractivity contribution >= 4 is 6.21 Å². The first-order valence-electron chi connectivity index (χ1n) is 3.86. The Bertz CT molecular complexity index is 156. The molecule has 0 fully saturated rings. The van der Waals surface area contributed by atoms with Gasteiger partial charge >= 0.3 is 0 Å². The van der Waals surface area contributed by atoms with Gasteiger partial charge in [0.1, 0.15) is 6.61 Å². The molecule has 1 unspecified atom stereocenters. The van der Waals surface area contributed by atoms with E-state index in [0.29, 0.717) is 12.6 Å². The van der Waals surface area contributed by atoms with Crippen molar-refractivity contribution in [2.75, 3.05) is 13.2 Å². The van der Waals surface area contributed by atoms with E-state index >= 15 is 0 Å². The van der Waals surface area contributed by atoms with Gasteiger partial charge in [-0.3, -0.25) is 5.01 Å². The molecule has 1 aliphatic rings. The highest BCUT2D eigenvalue weighted by molar-refractivity contribution is 5.59. The van der Waals surface area contributed by atoms with Gasteiger partial charge in [0.15, 0.2) is 0 Å². The minimum atomic E-state index is 0.531. The fraction of sp³-hybridized carbons (Fsp3) is 0.625. The van der Waals surface area contributed by atoms with Crippen LogP contribution in [0.5, 0.6) is 0 Å². The molecule has 0 bridgehead atoms. The highest BCUT2D eigenvalue weighted by atomic mass is 16.5. The summed E-state index contributed by atoms with van der Waals surface area (Å²) >= 11 is 0. The van der Waals surface area contributed by atoms with E-state index in [1.807, 2.05) is 11.2 Å². The van der Waals surface area contributed by atoms with Crippen molar-refractivity contribution in [3.8, 4) is 0 Å². The van der Waals surface area contributed by atoms with Crippen LogP contribution in [-0.4, -0.2) is 30.4 Å². The van der Waals surface area contributed by atoms with Gasteiger partial charge in [-0.2, -0.15) is 5.10 Å². The van der Waals surface area contributed by atoms with Crippen LogP contribution >= 0.6 is 0 Å². The van der Waals surface area contributed by atoms with Crippen molar-refractivity contribution in [1.82, 2.24) is 5.01 Å². The molecule has 3 heteroatoms. The zero-order valence-electron chi connectivity index (χ0n) is 6.86. The number of hydrazone groups is 1. The molecule has 62 valence electrons. The Kier molecular flexibility index (Phi) is 2.95. The first-order chi connectivity index (χ1) is 5.34. The van der Waals surface area contributed by atoms with E-state index in [1.54, 1.807) is 0 Å². The molecule has 1 heterocycles. The normalized spacial score (nSPS) is 22.3. The Labute approximate surface area is 67.3 Å². The molecule has 1 rings (SSSR count). The second-order valence-corrected chi connectivity index (χ2v) is 2.58. The second kappa shape index (κ2) is 4.01. The third-order valence-corrected chi connectivity index (χ3v) is 1.74. The summed E-state index contributed by atoms with van der Waals surface area (Å²) in [6.07, 6.45) is 4.46. The first kappa shape index (κ1) is 8.11. The van der Waals surface area contributed by atoms with Gasteiger partial charge < -0.3 is 4.74 Å². The number of rotatable bonds is 4. The van der Waals surface area contributed by atoms with E-state index in [2.05, 4.69) is 18.6 Å². The van der Waals surface area contributed by atoms with Crippen LogP contribution in [0, 0.1) is 0 Å². The fourth-order valence-electron chi connectivity index (χ4n) is 1.05. The van der Waals surface area contributed by atoms with Gasteiger partial charge in [-0.15, -0.1) is 0 Å². The third-order valence-electron chi connectivity index (χ3n) is 1.74. The summed E-state index contributed by atoms with van der Waals surface area (Å²) in [6.45, 7) is 7.14. The molecule has 0 aromatic heterocycles. The fourth-order valence-corrected chi connectivity index (χ4v) is 1.05. The van der Waals surface area contributed by atoms with Crippen LogP contribution in [0.1, 0.15) is 13.3 Å². The van der Waals surface area contributed by atoms with Gasteiger partial charge in [0.05, 0.1) is 12.8 Å². The maximum absolute atomic E-state index is 4.99. The van der Waals surface area contributed by atoms with E-state index in [4.69, 9.17) is 4.74 Å². The SMILES string of the molecule is C=COCCN1N=CCC1C. The first-order valence-corrected chi connectivity index (χ1v) is 3.86. The lowest BCUT2D eigenvalue weighted by molar-refractivity contribution is 0.164. The monoisotopic (exact) mass is 154 g/mol. The molecule has 0 N–H and O–H groups in total. The van der Waals surface area contributed by atoms with Crippen LogP contribution in [0.4, 0.5) is 0 Å². The zero-order chi connectivity index (χ0) is 8.10. The van der Waals surface area contributed by atoms with E-state index in [0.717, 1.165) is 13.0 Å². The van der Waals surface area contributed by atoms with E-state index in [1.165, 1.54) is 6.26 Å². The molecule has 0 aromatic carbocycles. The number of nitrogens with zero attached hydrogens (tertiary/aromatic N) is 2. The lowest BCUT2D eigenvalue weighted by Gasteiger charge is -2.19. The van der Waals surface area contributed by atoms with Crippen molar-refractivity contribution in [3.63, 3.8) is 0 Å². The summed E-state index contributed by atoms with van der Waals surface area (Å²) in [6, 6.07) is 0.531. The van der Waals surface area contributed by atoms with Gasteiger partial charge in [-0.1, -0.05) is 6.58 Å². The minimum absolute atomic E-state index is 0.531. The lowest BCUT2D eigenvalue weighted by Crippen LogP contribution is -2.26. The Balaban J connectivity index is 2.15. The molecule has 0 aliphatic carbocycles. The van der Waals surface area contributed by atoms with E-state index in [-0.39, 0.29) is 0 Å². The summed E-state index contributed by atoms with van der Waals surface area (Å²) in [5.41, 5.74) is 0. The van der Waals surface area contributed by atoms with Gasteiger partial charge in [0.25, 0.3) is 0 Å². The van der Waals surface area contributed by atoms with Crippen molar-refractivity contribution in [3.05, 3.63) is 12.8 Å². The maximum atomic E-state index is 4.99. The summed E-state index contributed by atoms with van der Waals surface area (Å²) in [5.74, 6) is 0. The average molecular weight is 154 g/mol. The summed E-state index contributed by atoms with van der Waals surface area (Å²) in [5, 5.41) is 6.21. The highest BCUT2D eigenvalue weighted by Gasteiger charge is 2.14. The molecule has 1 aliphatic heterocycles. The molecular formula is C8H14N2O. The molecule has 3 nitrogen and oxygen atoms in total. The van der Waals surface area contributed by atoms with Crippen LogP contribution in [0.3, 0.4) is 0 Å². The van der Waals surface area contributed by atoms with Crippen molar-refractivity contribution in [2.45, 2.75) is 19.4 Å². The van der Waals surface area contributed by atoms with Crippen LogP contribution < -0.4 is 0 Å². The Hall–Kier alpha value is -0.990. The zero-order valence-corrected chi connectivity index (χ0v) is 6.86. The Morgan fingerprint density at radius 1 is 1.91 bits per heavy atom. The number of hydrogen-bond donors (Lipinski definition) is 0. The van der Waals surface area contributed by atoms with Crippen molar-refractivity contribution in [1.29, 1.82) is 0 Å². The van der Waals surface area contributed by atoms with Crippen LogP contribution in [0.25, 0.3) is 0 Å². The third kappa shape index (κ3) is 2.26. The number of ether oxygens (including phenoxy) is 1. The molecular weight excluding hydrogens is 140 g/mol. The van der Waals surface area contributed by atoms with Crippen LogP contribution in [0.15, 0.2) is 17.9 Å². The molecule has 0 saturated carbocycles. The molecule has 0 saturated heterocycles. The largest absolute Gasteiger partial charge is 0.500 e. The van der Waals surface area contributed by atoms with Gasteiger partial charge in [0.2, 0.25) is 0 Å². The summed E-state index contributed by atoms with van der Waals surface area (Å²) < 4.78 is 4.99. The number of hydrogen-bond acceptors (Lipinski definition) is 3. The van der Waals surface area contributed by atoms with Crippen molar-refractivity contribution < 1.29 is 4.74 Å². The van der Waals surface area contributed by atoms with Crippen molar-refractivity contribution in [2.24, 2.45) is 5.10 Å². The Morgan fingerprint density at radius 3 is 3.27 bits per heavy atom. The van der Waals surface area contributed by atoms with Gasteiger partial charge in [-0.05, 0) is 6.92 Å². The predicted molar refractivity (Wildman–Crippen MR) is 45.4 cm³/mol. The molecule has 0 radical (unpaired) electrons. The average Bonchev–Trinajstić information content (AvgIpc) is 2.37. The molecule has 1 atom stereocenters. The molecule has 0 spiro atoms. The second-order valence-electron chi connectivity index (χ2n) is 2.58. The molecule has 0 amide bonds. The smallest absolute Gasteiger partial charge is 0.106 e. The van der Waals surface area contributed by atoms with Gasteiger partial charge in [0, 0.05) is 18.7 Å². The summed E-state index contributed by atoms with van der Waals surface area (Å²) in [7, 11) is 0. The summed E-state index contributed by atoms with van der Waals surface area (Å²) in [4.78, 5) is 0. The maximum Gasteiger partial charge on any atom is 0.106 e. The molecule has 11 heavy (non-hydrogen) atoms. The standard InChI is InChI=1S/C8H14N2O/c1-3-11-7-6-10-8(2)4-5-9-10/h3,5,8H,1,4,6-7H2,2H3. The quantitative estimate of drug-likeness (QED) is 0.449.